The molecule has 2 heterocycles. The third-order valence-corrected chi connectivity index (χ3v) is 4.64. The number of nitrogen functional groups attached to an aromatic ring is 1. The maximum atomic E-state index is 12.5. The number of nitrogens with one attached hydrogen (secondary N) is 1. The molecule has 0 atom stereocenters. The largest absolute Gasteiger partial charge is 0.497 e. The molecule has 11 nitrogen and oxygen atoms in total. The Morgan fingerprint density at radius 1 is 1.12 bits per heavy atom. The predicted octanol–water partition coefficient (Wildman–Crippen LogP) is 2.54. The van der Waals surface area contributed by atoms with Crippen molar-refractivity contribution < 1.29 is 18.8 Å². The Kier molecular flexibility index (Phi) is 5.71. The fraction of sp³-hybridized carbons (Fsp3) is 0.190. The van der Waals surface area contributed by atoms with E-state index in [4.69, 9.17) is 19.7 Å². The molecule has 32 heavy (non-hydrogen) atoms. The molecule has 0 spiro atoms. The first-order valence-corrected chi connectivity index (χ1v) is 9.60. The number of ether oxygens (including phenoxy) is 2. The second kappa shape index (κ2) is 8.76. The SMILES string of the molecule is COc1cc(NC(=O)Cn2nnc(-c3nc(-c4ccc(C)cc4)no3)c2N)cc(OC)c1. The molecule has 0 aliphatic heterocycles. The zero-order valence-electron chi connectivity index (χ0n) is 17.7. The molecule has 0 unspecified atom stereocenters. The van der Waals surface area contributed by atoms with E-state index in [1.165, 1.54) is 18.9 Å². The minimum Gasteiger partial charge on any atom is -0.497 e. The molecule has 4 rings (SSSR count). The summed E-state index contributed by atoms with van der Waals surface area (Å²) in [6.07, 6.45) is 0. The van der Waals surface area contributed by atoms with E-state index in [0.29, 0.717) is 23.0 Å². The zero-order valence-corrected chi connectivity index (χ0v) is 17.7. The highest BCUT2D eigenvalue weighted by Gasteiger charge is 2.20. The van der Waals surface area contributed by atoms with Crippen LogP contribution >= 0.6 is 0 Å². The molecule has 0 aliphatic rings. The molecule has 0 radical (unpaired) electrons. The van der Waals surface area contributed by atoms with E-state index in [1.54, 1.807) is 18.2 Å². The lowest BCUT2D eigenvalue weighted by Gasteiger charge is -2.10. The van der Waals surface area contributed by atoms with Gasteiger partial charge in [-0.3, -0.25) is 4.79 Å². The molecule has 0 saturated heterocycles. The first kappa shape index (κ1) is 20.8. The van der Waals surface area contributed by atoms with Crippen LogP contribution in [0.15, 0.2) is 47.0 Å². The van der Waals surface area contributed by atoms with Crippen LogP contribution in [-0.4, -0.2) is 45.3 Å². The maximum Gasteiger partial charge on any atom is 0.282 e. The van der Waals surface area contributed by atoms with Gasteiger partial charge in [0, 0.05) is 29.4 Å². The Labute approximate surface area is 183 Å². The van der Waals surface area contributed by atoms with E-state index in [-0.39, 0.29) is 29.9 Å². The second-order valence-electron chi connectivity index (χ2n) is 6.92. The Bertz CT molecular complexity index is 1230. The lowest BCUT2D eigenvalue weighted by atomic mass is 10.1. The van der Waals surface area contributed by atoms with Crippen LogP contribution in [0.25, 0.3) is 23.0 Å². The van der Waals surface area contributed by atoms with Gasteiger partial charge in [0.15, 0.2) is 11.5 Å². The summed E-state index contributed by atoms with van der Waals surface area (Å²) in [7, 11) is 3.06. The summed E-state index contributed by atoms with van der Waals surface area (Å²) in [6.45, 7) is 1.82. The number of aryl methyl sites for hydroxylation is 1. The standard InChI is InChI=1S/C21H21N7O4/c1-12-4-6-13(7-5-12)20-24-21(32-26-20)18-19(22)28(27-25-18)11-17(29)23-14-8-15(30-2)10-16(9-14)31-3/h4-10H,11,22H2,1-3H3,(H,23,29). The van der Waals surface area contributed by atoms with Crippen LogP contribution in [0.1, 0.15) is 5.56 Å². The molecule has 0 bridgehead atoms. The normalized spacial score (nSPS) is 10.7. The topological polar surface area (TPSA) is 143 Å². The van der Waals surface area contributed by atoms with Gasteiger partial charge in [-0.1, -0.05) is 40.2 Å². The number of carbonyl (C=O) groups is 1. The van der Waals surface area contributed by atoms with Crippen LogP contribution in [0.3, 0.4) is 0 Å². The molecular weight excluding hydrogens is 414 g/mol. The molecule has 3 N–H and O–H groups in total. The number of hydrogen-bond acceptors (Lipinski definition) is 9. The average molecular weight is 435 g/mol. The van der Waals surface area contributed by atoms with Gasteiger partial charge in [-0.05, 0) is 6.92 Å². The van der Waals surface area contributed by atoms with Gasteiger partial charge < -0.3 is 25.0 Å². The molecule has 0 aliphatic carbocycles. The van der Waals surface area contributed by atoms with Crippen molar-refractivity contribution in [1.29, 1.82) is 0 Å². The Hall–Kier alpha value is -4.41. The smallest absolute Gasteiger partial charge is 0.282 e. The number of benzene rings is 2. The summed E-state index contributed by atoms with van der Waals surface area (Å²) >= 11 is 0. The zero-order chi connectivity index (χ0) is 22.7. The predicted molar refractivity (Wildman–Crippen MR) is 116 cm³/mol. The van der Waals surface area contributed by atoms with Gasteiger partial charge in [0.05, 0.1) is 14.2 Å². The summed E-state index contributed by atoms with van der Waals surface area (Å²) in [5.74, 6) is 1.36. The maximum absolute atomic E-state index is 12.5. The highest BCUT2D eigenvalue weighted by molar-refractivity contribution is 5.91. The van der Waals surface area contributed by atoms with Crippen molar-refractivity contribution in [3.63, 3.8) is 0 Å². The Balaban J connectivity index is 1.49. The van der Waals surface area contributed by atoms with E-state index in [1.807, 2.05) is 31.2 Å². The number of carbonyl (C=O) groups excluding carboxylic acids is 1. The van der Waals surface area contributed by atoms with Gasteiger partial charge in [0.25, 0.3) is 5.89 Å². The molecule has 2 aromatic carbocycles. The number of nitrogens with zero attached hydrogens (tertiary/aromatic N) is 5. The lowest BCUT2D eigenvalue weighted by Crippen LogP contribution is -2.20. The van der Waals surface area contributed by atoms with Crippen molar-refractivity contribution in [2.24, 2.45) is 0 Å². The number of hydrogen-bond donors (Lipinski definition) is 2. The fourth-order valence-electron chi connectivity index (χ4n) is 2.95. The van der Waals surface area contributed by atoms with E-state index in [9.17, 15) is 4.79 Å². The van der Waals surface area contributed by atoms with Gasteiger partial charge in [-0.2, -0.15) is 4.98 Å². The lowest BCUT2D eigenvalue weighted by molar-refractivity contribution is -0.116. The Morgan fingerprint density at radius 3 is 2.47 bits per heavy atom. The third kappa shape index (κ3) is 4.36. The quantitative estimate of drug-likeness (QED) is 0.447. The van der Waals surface area contributed by atoms with Crippen molar-refractivity contribution in [2.45, 2.75) is 13.5 Å². The minimum atomic E-state index is -0.366. The van der Waals surface area contributed by atoms with E-state index in [0.717, 1.165) is 11.1 Å². The fourth-order valence-corrected chi connectivity index (χ4v) is 2.95. The molecule has 1 amide bonds. The van der Waals surface area contributed by atoms with Crippen LogP contribution in [0, 0.1) is 6.92 Å². The molecule has 164 valence electrons. The van der Waals surface area contributed by atoms with Gasteiger partial charge in [0.1, 0.15) is 18.0 Å². The van der Waals surface area contributed by atoms with E-state index in [2.05, 4.69) is 25.8 Å². The molecule has 2 aromatic heterocycles. The van der Waals surface area contributed by atoms with Crippen molar-refractivity contribution in [1.82, 2.24) is 25.1 Å². The number of methoxy groups -OCH3 is 2. The van der Waals surface area contributed by atoms with Gasteiger partial charge in [-0.25, -0.2) is 4.68 Å². The number of amides is 1. The molecule has 0 saturated carbocycles. The number of anilines is 2. The Morgan fingerprint density at radius 2 is 1.81 bits per heavy atom. The van der Waals surface area contributed by atoms with Gasteiger partial charge >= 0.3 is 0 Å². The first-order valence-electron chi connectivity index (χ1n) is 9.60. The summed E-state index contributed by atoms with van der Waals surface area (Å²) in [6, 6.07) is 12.7. The summed E-state index contributed by atoms with van der Waals surface area (Å²) in [4.78, 5) is 16.8. The van der Waals surface area contributed by atoms with Crippen molar-refractivity contribution in [3.8, 4) is 34.5 Å². The van der Waals surface area contributed by atoms with Crippen LogP contribution < -0.4 is 20.5 Å². The van der Waals surface area contributed by atoms with Crippen molar-refractivity contribution in [3.05, 3.63) is 48.0 Å². The highest BCUT2D eigenvalue weighted by Crippen LogP contribution is 2.27. The average Bonchev–Trinajstić information content (AvgIpc) is 3.41. The minimum absolute atomic E-state index is 0.113. The summed E-state index contributed by atoms with van der Waals surface area (Å²) in [5, 5.41) is 14.7. The summed E-state index contributed by atoms with van der Waals surface area (Å²) in [5.41, 5.74) is 8.75. The van der Waals surface area contributed by atoms with Crippen molar-refractivity contribution in [2.75, 3.05) is 25.3 Å². The number of rotatable bonds is 7. The second-order valence-corrected chi connectivity index (χ2v) is 6.92. The highest BCUT2D eigenvalue weighted by atomic mass is 16.5. The number of nitrogens with two attached hydrogens (primary N) is 1. The molecule has 11 heteroatoms. The van der Waals surface area contributed by atoms with E-state index < -0.39 is 0 Å². The molecule has 0 fully saturated rings. The van der Waals surface area contributed by atoms with E-state index >= 15 is 0 Å². The van der Waals surface area contributed by atoms with Crippen LogP contribution in [0.4, 0.5) is 11.5 Å². The molecule has 4 aromatic rings. The summed E-state index contributed by atoms with van der Waals surface area (Å²) < 4.78 is 17.0. The third-order valence-electron chi connectivity index (χ3n) is 4.64. The monoisotopic (exact) mass is 435 g/mol. The first-order chi connectivity index (χ1) is 15.5. The van der Waals surface area contributed by atoms with Gasteiger partial charge in [0.2, 0.25) is 11.7 Å². The van der Waals surface area contributed by atoms with Crippen LogP contribution in [0.5, 0.6) is 11.5 Å². The van der Waals surface area contributed by atoms with Crippen LogP contribution in [-0.2, 0) is 11.3 Å². The van der Waals surface area contributed by atoms with Crippen molar-refractivity contribution >= 4 is 17.4 Å². The number of aromatic nitrogens is 5. The molecular formula is C21H21N7O4. The van der Waals surface area contributed by atoms with Gasteiger partial charge in [-0.15, -0.1) is 5.10 Å². The van der Waals surface area contributed by atoms with Crippen LogP contribution in [0.2, 0.25) is 0 Å².